The summed E-state index contributed by atoms with van der Waals surface area (Å²) in [5.41, 5.74) is 0.922. The second kappa shape index (κ2) is 10.1. The topological polar surface area (TPSA) is 104 Å². The van der Waals surface area contributed by atoms with Gasteiger partial charge in [-0.15, -0.1) is 0 Å². The molecule has 2 aliphatic rings. The first-order chi connectivity index (χ1) is 16.4. The fraction of sp³-hybridized carbons (Fsp3) is 0.360. The molecule has 1 atom stereocenters. The molecule has 2 heterocycles. The van der Waals surface area contributed by atoms with Crippen molar-refractivity contribution in [3.63, 3.8) is 0 Å². The van der Waals surface area contributed by atoms with E-state index >= 15 is 0 Å². The van der Waals surface area contributed by atoms with Crippen LogP contribution < -0.4 is 0 Å². The highest BCUT2D eigenvalue weighted by Crippen LogP contribution is 2.39. The van der Waals surface area contributed by atoms with Crippen LogP contribution in [0.3, 0.4) is 0 Å². The summed E-state index contributed by atoms with van der Waals surface area (Å²) in [5.74, 6) is -1.83. The normalized spacial score (nSPS) is 21.2. The summed E-state index contributed by atoms with van der Waals surface area (Å²) in [6.45, 7) is 1.40. The molecule has 9 heteroatoms. The molecule has 1 amide bonds. The van der Waals surface area contributed by atoms with E-state index in [2.05, 4.69) is 0 Å². The number of carbonyl (C=O) groups excluding carboxylic acids is 2. The van der Waals surface area contributed by atoms with Crippen LogP contribution in [0.2, 0.25) is 0 Å². The molecule has 4 rings (SSSR count). The van der Waals surface area contributed by atoms with Gasteiger partial charge in [0.2, 0.25) is 10.0 Å². The fourth-order valence-corrected chi connectivity index (χ4v) is 5.99. The van der Waals surface area contributed by atoms with Crippen LogP contribution >= 0.6 is 0 Å². The first-order valence-corrected chi connectivity index (χ1v) is 12.7. The van der Waals surface area contributed by atoms with Gasteiger partial charge in [-0.3, -0.25) is 9.59 Å². The minimum atomic E-state index is -3.62. The average molecular weight is 485 g/mol. The molecule has 34 heavy (non-hydrogen) atoms. The summed E-state index contributed by atoms with van der Waals surface area (Å²) in [6.07, 6.45) is 2.69. The number of amides is 1. The van der Waals surface area contributed by atoms with E-state index in [1.165, 1.54) is 40.6 Å². The number of Topliss-reactive ketones (excluding diaryl/α,β-unsaturated/α-hetero) is 1. The van der Waals surface area contributed by atoms with Gasteiger partial charge in [0, 0.05) is 32.3 Å². The number of likely N-dealkylation sites (tertiary alicyclic amines) is 1. The number of hydrogen-bond acceptors (Lipinski definition) is 6. The van der Waals surface area contributed by atoms with Crippen molar-refractivity contribution >= 4 is 27.5 Å². The molecule has 0 spiro atoms. The van der Waals surface area contributed by atoms with Gasteiger partial charge in [-0.05, 0) is 42.7 Å². The summed E-state index contributed by atoms with van der Waals surface area (Å²) < 4.78 is 32.4. The van der Waals surface area contributed by atoms with E-state index in [-0.39, 0.29) is 34.9 Å². The van der Waals surface area contributed by atoms with E-state index < -0.39 is 27.8 Å². The summed E-state index contributed by atoms with van der Waals surface area (Å²) >= 11 is 0. The van der Waals surface area contributed by atoms with Crippen molar-refractivity contribution in [1.29, 1.82) is 0 Å². The Morgan fingerprint density at radius 2 is 1.65 bits per heavy atom. The Morgan fingerprint density at radius 1 is 1.00 bits per heavy atom. The maximum atomic E-state index is 13.0. The molecule has 2 aromatic rings. The quantitative estimate of drug-likeness (QED) is 0.368. The number of nitrogens with zero attached hydrogens (tertiary/aromatic N) is 2. The number of rotatable bonds is 7. The lowest BCUT2D eigenvalue weighted by atomic mass is 9.95. The molecule has 0 saturated carbocycles. The minimum Gasteiger partial charge on any atom is -0.507 e. The third-order valence-electron chi connectivity index (χ3n) is 6.27. The van der Waals surface area contributed by atoms with E-state index in [4.69, 9.17) is 4.74 Å². The molecule has 2 aromatic carbocycles. The number of aliphatic hydroxyl groups is 1. The van der Waals surface area contributed by atoms with Gasteiger partial charge >= 0.3 is 0 Å². The standard InChI is InChI=1S/C25H28N2O6S/c1-33-17-16-27-22(18-8-4-2-5-9-18)21(24(29)25(27)30)23(28)19-10-12-20(13-11-19)34(31,32)26-14-6-3-7-15-26/h2,4-5,8-13,22,28H,3,6-7,14-17H2,1H3. The van der Waals surface area contributed by atoms with Crippen LogP contribution in [0.5, 0.6) is 0 Å². The molecular weight excluding hydrogens is 456 g/mol. The maximum absolute atomic E-state index is 13.0. The number of benzene rings is 2. The van der Waals surface area contributed by atoms with Crippen molar-refractivity contribution in [3.05, 3.63) is 71.3 Å². The van der Waals surface area contributed by atoms with Gasteiger partial charge in [-0.25, -0.2) is 8.42 Å². The average Bonchev–Trinajstić information content (AvgIpc) is 3.13. The first-order valence-electron chi connectivity index (χ1n) is 11.3. The first kappa shape index (κ1) is 24.1. The molecule has 0 aliphatic carbocycles. The van der Waals surface area contributed by atoms with Crippen LogP contribution in [0.25, 0.3) is 5.76 Å². The van der Waals surface area contributed by atoms with Gasteiger partial charge in [0.25, 0.3) is 11.7 Å². The zero-order valence-corrected chi connectivity index (χ0v) is 19.8. The van der Waals surface area contributed by atoms with Crippen molar-refractivity contribution in [2.24, 2.45) is 0 Å². The third-order valence-corrected chi connectivity index (χ3v) is 8.19. The number of aliphatic hydroxyl groups excluding tert-OH is 1. The van der Waals surface area contributed by atoms with E-state index in [0.29, 0.717) is 18.7 Å². The second-order valence-corrected chi connectivity index (χ2v) is 10.3. The van der Waals surface area contributed by atoms with Crippen molar-refractivity contribution in [2.45, 2.75) is 30.2 Å². The van der Waals surface area contributed by atoms with Crippen LogP contribution in [0.4, 0.5) is 0 Å². The molecule has 1 N–H and O–H groups in total. The SMILES string of the molecule is COCCN1C(=O)C(=O)C(=C(O)c2ccc(S(=O)(=O)N3CCCCC3)cc2)C1c1ccccc1. The lowest BCUT2D eigenvalue weighted by Gasteiger charge is -2.26. The summed E-state index contributed by atoms with van der Waals surface area (Å²) in [5, 5.41) is 11.1. The highest BCUT2D eigenvalue weighted by Gasteiger charge is 2.45. The smallest absolute Gasteiger partial charge is 0.295 e. The molecule has 1 unspecified atom stereocenters. The Labute approximate surface area is 199 Å². The molecule has 0 aromatic heterocycles. The maximum Gasteiger partial charge on any atom is 0.295 e. The number of carbonyl (C=O) groups is 2. The zero-order chi connectivity index (χ0) is 24.3. The minimum absolute atomic E-state index is 0.0288. The number of sulfonamides is 1. The van der Waals surface area contributed by atoms with Crippen molar-refractivity contribution < 1.29 is 27.9 Å². The summed E-state index contributed by atoms with van der Waals surface area (Å²) in [4.78, 5) is 27.3. The summed E-state index contributed by atoms with van der Waals surface area (Å²) in [7, 11) is -2.12. The number of methoxy groups -OCH3 is 1. The van der Waals surface area contributed by atoms with Crippen molar-refractivity contribution in [1.82, 2.24) is 9.21 Å². The van der Waals surface area contributed by atoms with Gasteiger partial charge in [0.15, 0.2) is 0 Å². The van der Waals surface area contributed by atoms with Gasteiger partial charge in [0.05, 0.1) is 23.1 Å². The van der Waals surface area contributed by atoms with Crippen molar-refractivity contribution in [2.75, 3.05) is 33.4 Å². The van der Waals surface area contributed by atoms with Crippen LogP contribution in [0, 0.1) is 0 Å². The number of piperidine rings is 1. The van der Waals surface area contributed by atoms with Gasteiger partial charge in [-0.2, -0.15) is 4.31 Å². The molecule has 0 radical (unpaired) electrons. The van der Waals surface area contributed by atoms with Gasteiger partial charge in [0.1, 0.15) is 5.76 Å². The predicted octanol–water partition coefficient (Wildman–Crippen LogP) is 2.93. The highest BCUT2D eigenvalue weighted by atomic mass is 32.2. The Morgan fingerprint density at radius 3 is 2.26 bits per heavy atom. The van der Waals surface area contributed by atoms with Crippen LogP contribution in [-0.2, 0) is 24.3 Å². The lowest BCUT2D eigenvalue weighted by Crippen LogP contribution is -2.35. The largest absolute Gasteiger partial charge is 0.507 e. The van der Waals surface area contributed by atoms with Crippen LogP contribution in [0.15, 0.2) is 65.1 Å². The van der Waals surface area contributed by atoms with E-state index in [9.17, 15) is 23.1 Å². The molecule has 2 fully saturated rings. The zero-order valence-electron chi connectivity index (χ0n) is 19.0. The Balaban J connectivity index is 1.72. The Bertz CT molecular complexity index is 1190. The van der Waals surface area contributed by atoms with Crippen LogP contribution in [-0.4, -0.2) is 67.8 Å². The molecule has 180 valence electrons. The number of ether oxygens (including phenoxy) is 1. The molecule has 2 aliphatic heterocycles. The fourth-order valence-electron chi connectivity index (χ4n) is 4.48. The lowest BCUT2D eigenvalue weighted by molar-refractivity contribution is -0.140. The van der Waals surface area contributed by atoms with Gasteiger partial charge < -0.3 is 14.7 Å². The molecule has 2 saturated heterocycles. The number of ketones is 1. The van der Waals surface area contributed by atoms with Gasteiger partial charge in [-0.1, -0.05) is 36.8 Å². The molecule has 8 nitrogen and oxygen atoms in total. The Kier molecular flexibility index (Phi) is 7.16. The van der Waals surface area contributed by atoms with Crippen molar-refractivity contribution in [3.8, 4) is 0 Å². The molecule has 0 bridgehead atoms. The second-order valence-electron chi connectivity index (χ2n) is 8.39. The monoisotopic (exact) mass is 484 g/mol. The number of hydrogen-bond donors (Lipinski definition) is 1. The van der Waals surface area contributed by atoms with E-state index in [0.717, 1.165) is 19.3 Å². The third kappa shape index (κ3) is 4.51. The predicted molar refractivity (Wildman–Crippen MR) is 126 cm³/mol. The van der Waals surface area contributed by atoms with Crippen LogP contribution in [0.1, 0.15) is 36.4 Å². The van der Waals surface area contributed by atoms with E-state index in [1.807, 2.05) is 6.07 Å². The summed E-state index contributed by atoms with van der Waals surface area (Å²) in [6, 6.07) is 14.0. The highest BCUT2D eigenvalue weighted by molar-refractivity contribution is 7.89. The van der Waals surface area contributed by atoms with E-state index in [1.54, 1.807) is 24.3 Å². The molecular formula is C25H28N2O6S. The Hall–Kier alpha value is -3.01.